The highest BCUT2D eigenvalue weighted by Gasteiger charge is 2.12. The number of fused-ring (bicyclic) bond motifs is 1. The molecule has 0 fully saturated rings. The molecule has 1 unspecified atom stereocenters. The monoisotopic (exact) mass is 331 g/mol. The second-order valence-corrected chi connectivity index (χ2v) is 6.40. The Bertz CT molecular complexity index is 811. The van der Waals surface area contributed by atoms with Crippen LogP contribution in [0.15, 0.2) is 42.5 Å². The summed E-state index contributed by atoms with van der Waals surface area (Å²) >= 11 is 7.85. The fraction of sp³-hybridized carbons (Fsp3) is 0.125. The minimum atomic E-state index is -0.583. The van der Waals surface area contributed by atoms with Crippen molar-refractivity contribution >= 4 is 44.7 Å². The molecule has 3 N–H and O–H groups in total. The quantitative estimate of drug-likeness (QED) is 0.764. The predicted octanol–water partition coefficient (Wildman–Crippen LogP) is 3.90. The number of hydrogen-bond acceptors (Lipinski definition) is 4. The van der Waals surface area contributed by atoms with Crippen molar-refractivity contribution < 1.29 is 4.79 Å². The maximum atomic E-state index is 11.6. The number of rotatable bonds is 3. The molecule has 0 saturated carbocycles. The molecule has 3 rings (SSSR count). The van der Waals surface area contributed by atoms with Crippen LogP contribution in [0, 0.1) is 0 Å². The lowest BCUT2D eigenvalue weighted by Gasteiger charge is -2.10. The van der Waals surface area contributed by atoms with Gasteiger partial charge in [0.05, 0.1) is 27.0 Å². The van der Waals surface area contributed by atoms with Crippen LogP contribution in [0.25, 0.3) is 20.8 Å². The lowest BCUT2D eigenvalue weighted by molar-refractivity contribution is -0.117. The minimum Gasteiger partial charge on any atom is -0.323 e. The SMILES string of the molecule is CC(N)C(=O)Nc1ccc(-c2nc3ccccc3s2)cc1Cl. The number of carbonyl (C=O) groups is 1. The summed E-state index contributed by atoms with van der Waals surface area (Å²) in [5.74, 6) is -0.269. The third-order valence-corrected chi connectivity index (χ3v) is 4.58. The fourth-order valence-electron chi connectivity index (χ4n) is 1.99. The molecule has 0 aliphatic rings. The van der Waals surface area contributed by atoms with Crippen LogP contribution in [0.2, 0.25) is 5.02 Å². The minimum absolute atomic E-state index is 0.269. The molecule has 0 bridgehead atoms. The van der Waals surface area contributed by atoms with Gasteiger partial charge in [-0.05, 0) is 37.3 Å². The molecule has 0 saturated heterocycles. The zero-order chi connectivity index (χ0) is 15.7. The van der Waals surface area contributed by atoms with Crippen LogP contribution in [0.4, 0.5) is 5.69 Å². The van der Waals surface area contributed by atoms with Crippen LogP contribution < -0.4 is 11.1 Å². The molecule has 0 radical (unpaired) electrons. The van der Waals surface area contributed by atoms with Gasteiger partial charge in [0, 0.05) is 5.56 Å². The second-order valence-electron chi connectivity index (χ2n) is 4.96. The Morgan fingerprint density at radius 2 is 2.09 bits per heavy atom. The van der Waals surface area contributed by atoms with E-state index in [4.69, 9.17) is 17.3 Å². The van der Waals surface area contributed by atoms with Crippen molar-refractivity contribution in [3.63, 3.8) is 0 Å². The Hall–Kier alpha value is -1.95. The summed E-state index contributed by atoms with van der Waals surface area (Å²) in [7, 11) is 0. The lowest BCUT2D eigenvalue weighted by Crippen LogP contribution is -2.32. The van der Waals surface area contributed by atoms with Crippen molar-refractivity contribution in [1.29, 1.82) is 0 Å². The van der Waals surface area contributed by atoms with E-state index in [1.165, 1.54) is 0 Å². The highest BCUT2D eigenvalue weighted by molar-refractivity contribution is 7.21. The van der Waals surface area contributed by atoms with Gasteiger partial charge < -0.3 is 11.1 Å². The van der Waals surface area contributed by atoms with Crippen molar-refractivity contribution in [2.24, 2.45) is 5.73 Å². The van der Waals surface area contributed by atoms with Crippen LogP contribution in [-0.2, 0) is 4.79 Å². The standard InChI is InChI=1S/C16H14ClN3OS/c1-9(18)15(21)19-12-7-6-10(8-11(12)17)16-20-13-4-2-3-5-14(13)22-16/h2-9H,18H2,1H3,(H,19,21). The molecule has 0 spiro atoms. The number of hydrogen-bond donors (Lipinski definition) is 2. The normalized spacial score (nSPS) is 12.3. The Morgan fingerprint density at radius 3 is 2.77 bits per heavy atom. The van der Waals surface area contributed by atoms with E-state index in [2.05, 4.69) is 10.3 Å². The van der Waals surface area contributed by atoms with Crippen molar-refractivity contribution in [3.8, 4) is 10.6 Å². The van der Waals surface area contributed by atoms with Gasteiger partial charge in [-0.1, -0.05) is 23.7 Å². The number of nitrogens with zero attached hydrogens (tertiary/aromatic N) is 1. The zero-order valence-corrected chi connectivity index (χ0v) is 13.4. The second kappa shape index (κ2) is 6.04. The molecule has 1 atom stereocenters. The number of amides is 1. The molecule has 0 aliphatic carbocycles. The van der Waals surface area contributed by atoms with Crippen LogP contribution in [0.1, 0.15) is 6.92 Å². The van der Waals surface area contributed by atoms with Gasteiger partial charge in [0.2, 0.25) is 5.91 Å². The van der Waals surface area contributed by atoms with Crippen LogP contribution >= 0.6 is 22.9 Å². The number of aromatic nitrogens is 1. The van der Waals surface area contributed by atoms with Gasteiger partial charge in [-0.2, -0.15) is 0 Å². The summed E-state index contributed by atoms with van der Waals surface area (Å²) in [6.07, 6.45) is 0. The third kappa shape index (κ3) is 2.97. The summed E-state index contributed by atoms with van der Waals surface area (Å²) in [5.41, 5.74) is 7.97. The lowest BCUT2D eigenvalue weighted by atomic mass is 10.2. The van der Waals surface area contributed by atoms with E-state index in [1.54, 1.807) is 30.4 Å². The van der Waals surface area contributed by atoms with Crippen molar-refractivity contribution in [2.75, 3.05) is 5.32 Å². The Kier molecular flexibility index (Phi) is 4.11. The van der Waals surface area contributed by atoms with E-state index >= 15 is 0 Å². The summed E-state index contributed by atoms with van der Waals surface area (Å²) in [4.78, 5) is 16.2. The molecule has 2 aromatic carbocycles. The fourth-order valence-corrected chi connectivity index (χ4v) is 3.18. The number of carbonyl (C=O) groups excluding carboxylic acids is 1. The summed E-state index contributed by atoms with van der Waals surface area (Å²) in [6.45, 7) is 1.62. The Labute approximate surface area is 136 Å². The molecule has 22 heavy (non-hydrogen) atoms. The van der Waals surface area contributed by atoms with Gasteiger partial charge >= 0.3 is 0 Å². The number of thiazole rings is 1. The number of nitrogens with one attached hydrogen (secondary N) is 1. The van der Waals surface area contributed by atoms with E-state index in [0.29, 0.717) is 10.7 Å². The van der Waals surface area contributed by atoms with E-state index in [1.807, 2.05) is 30.3 Å². The van der Waals surface area contributed by atoms with Crippen molar-refractivity contribution in [1.82, 2.24) is 4.98 Å². The predicted molar refractivity (Wildman–Crippen MR) is 92.3 cm³/mol. The number of halogens is 1. The first-order chi connectivity index (χ1) is 10.5. The topological polar surface area (TPSA) is 68.0 Å². The van der Waals surface area contributed by atoms with Crippen LogP contribution in [0.5, 0.6) is 0 Å². The van der Waals surface area contributed by atoms with E-state index in [9.17, 15) is 4.79 Å². The average molecular weight is 332 g/mol. The molecular formula is C16H14ClN3OS. The largest absolute Gasteiger partial charge is 0.323 e. The van der Waals surface area contributed by atoms with Crippen LogP contribution in [-0.4, -0.2) is 16.9 Å². The van der Waals surface area contributed by atoms with E-state index in [0.717, 1.165) is 20.8 Å². The Morgan fingerprint density at radius 1 is 1.32 bits per heavy atom. The van der Waals surface area contributed by atoms with Gasteiger partial charge in [-0.25, -0.2) is 4.98 Å². The first-order valence-corrected chi connectivity index (χ1v) is 7.96. The summed E-state index contributed by atoms with van der Waals surface area (Å²) in [5, 5.41) is 4.06. The van der Waals surface area contributed by atoms with Gasteiger partial charge in [-0.3, -0.25) is 4.79 Å². The third-order valence-electron chi connectivity index (χ3n) is 3.18. The molecular weight excluding hydrogens is 318 g/mol. The average Bonchev–Trinajstić information content (AvgIpc) is 2.93. The Balaban J connectivity index is 1.92. The number of nitrogens with two attached hydrogens (primary N) is 1. The maximum Gasteiger partial charge on any atom is 0.241 e. The molecule has 0 aliphatic heterocycles. The zero-order valence-electron chi connectivity index (χ0n) is 11.8. The van der Waals surface area contributed by atoms with E-state index in [-0.39, 0.29) is 5.91 Å². The first-order valence-electron chi connectivity index (χ1n) is 6.76. The molecule has 1 aromatic heterocycles. The smallest absolute Gasteiger partial charge is 0.241 e. The maximum absolute atomic E-state index is 11.6. The molecule has 3 aromatic rings. The number of anilines is 1. The van der Waals surface area contributed by atoms with Gasteiger partial charge in [0.25, 0.3) is 0 Å². The molecule has 4 nitrogen and oxygen atoms in total. The van der Waals surface area contributed by atoms with E-state index < -0.39 is 6.04 Å². The molecule has 1 amide bonds. The summed E-state index contributed by atoms with van der Waals surface area (Å²) < 4.78 is 1.13. The number of para-hydroxylation sites is 1. The van der Waals surface area contributed by atoms with Crippen LogP contribution in [0.3, 0.4) is 0 Å². The first kappa shape index (κ1) is 15.0. The van der Waals surface area contributed by atoms with Gasteiger partial charge in [0.15, 0.2) is 0 Å². The molecule has 112 valence electrons. The molecule has 6 heteroatoms. The highest BCUT2D eigenvalue weighted by atomic mass is 35.5. The van der Waals surface area contributed by atoms with Gasteiger partial charge in [-0.15, -0.1) is 11.3 Å². The molecule has 1 heterocycles. The summed E-state index contributed by atoms with van der Waals surface area (Å²) in [6, 6.07) is 12.8. The van der Waals surface area contributed by atoms with Crippen molar-refractivity contribution in [3.05, 3.63) is 47.5 Å². The van der Waals surface area contributed by atoms with Gasteiger partial charge in [0.1, 0.15) is 5.01 Å². The number of benzene rings is 2. The highest BCUT2D eigenvalue weighted by Crippen LogP contribution is 2.33. The van der Waals surface area contributed by atoms with Crippen molar-refractivity contribution in [2.45, 2.75) is 13.0 Å².